The van der Waals surface area contributed by atoms with Crippen LogP contribution >= 0.6 is 15.9 Å². The van der Waals surface area contributed by atoms with Crippen molar-refractivity contribution in [3.05, 3.63) is 28.2 Å². The van der Waals surface area contributed by atoms with Crippen LogP contribution < -0.4 is 10.1 Å². The second-order valence-corrected chi connectivity index (χ2v) is 6.47. The lowest BCUT2D eigenvalue weighted by Crippen LogP contribution is -2.30. The summed E-state index contributed by atoms with van der Waals surface area (Å²) < 4.78 is 7.51. The van der Waals surface area contributed by atoms with Gasteiger partial charge in [0.1, 0.15) is 11.9 Å². The summed E-state index contributed by atoms with van der Waals surface area (Å²) in [6.07, 6.45) is 6.77. The highest BCUT2D eigenvalue weighted by molar-refractivity contribution is 9.10. The van der Waals surface area contributed by atoms with Crippen LogP contribution in [-0.4, -0.2) is 12.6 Å². The highest BCUT2D eigenvalue weighted by atomic mass is 79.9. The summed E-state index contributed by atoms with van der Waals surface area (Å²) in [5, 5.41) is 3.39. The Morgan fingerprint density at radius 3 is 2.80 bits per heavy atom. The Morgan fingerprint density at radius 1 is 1.25 bits per heavy atom. The van der Waals surface area contributed by atoms with Gasteiger partial charge in [-0.2, -0.15) is 0 Å². The molecule has 0 bridgehead atoms. The lowest BCUT2D eigenvalue weighted by Gasteiger charge is -2.32. The van der Waals surface area contributed by atoms with E-state index in [0.29, 0.717) is 12.0 Å². The molecule has 0 radical (unpaired) electrons. The average molecular weight is 340 g/mol. The normalized spacial score (nSPS) is 22.8. The maximum absolute atomic E-state index is 6.43. The molecule has 1 aromatic rings. The first-order chi connectivity index (χ1) is 9.76. The highest BCUT2D eigenvalue weighted by Crippen LogP contribution is 2.35. The smallest absolute Gasteiger partial charge is 0.138 e. The van der Waals surface area contributed by atoms with E-state index in [1.165, 1.54) is 37.7 Å². The Kier molecular flexibility index (Phi) is 6.37. The summed E-state index contributed by atoms with van der Waals surface area (Å²) in [6, 6.07) is 6.32. The van der Waals surface area contributed by atoms with E-state index in [1.807, 2.05) is 0 Å². The molecule has 3 heteroatoms. The van der Waals surface area contributed by atoms with Crippen LogP contribution in [0.25, 0.3) is 0 Å². The van der Waals surface area contributed by atoms with Crippen LogP contribution in [0.15, 0.2) is 22.7 Å². The molecule has 0 aromatic heterocycles. The van der Waals surface area contributed by atoms with E-state index in [0.717, 1.165) is 23.3 Å². The zero-order valence-electron chi connectivity index (χ0n) is 12.6. The number of rotatable bonds is 6. The quantitative estimate of drug-likeness (QED) is 0.795. The number of benzene rings is 1. The van der Waals surface area contributed by atoms with Crippen molar-refractivity contribution in [2.75, 3.05) is 6.54 Å². The van der Waals surface area contributed by atoms with Gasteiger partial charge in [-0.3, -0.25) is 0 Å². The van der Waals surface area contributed by atoms with Crippen LogP contribution in [-0.2, 0) is 6.54 Å². The van der Waals surface area contributed by atoms with Gasteiger partial charge in [0.25, 0.3) is 0 Å². The molecular weight excluding hydrogens is 314 g/mol. The Bertz CT molecular complexity index is 421. The van der Waals surface area contributed by atoms with Crippen LogP contribution in [0.5, 0.6) is 5.75 Å². The van der Waals surface area contributed by atoms with Crippen molar-refractivity contribution in [2.45, 2.75) is 58.6 Å². The van der Waals surface area contributed by atoms with Gasteiger partial charge in [0.2, 0.25) is 0 Å². The van der Waals surface area contributed by atoms with Crippen molar-refractivity contribution in [1.29, 1.82) is 0 Å². The Hall–Kier alpha value is -0.540. The van der Waals surface area contributed by atoms with Crippen molar-refractivity contribution in [2.24, 2.45) is 5.92 Å². The summed E-state index contributed by atoms with van der Waals surface area (Å²) in [5.74, 6) is 1.75. The van der Waals surface area contributed by atoms with Crippen molar-refractivity contribution < 1.29 is 4.74 Å². The van der Waals surface area contributed by atoms with Crippen LogP contribution in [0.4, 0.5) is 0 Å². The van der Waals surface area contributed by atoms with Gasteiger partial charge in [-0.1, -0.05) is 32.4 Å². The largest absolute Gasteiger partial charge is 0.489 e. The monoisotopic (exact) mass is 339 g/mol. The maximum Gasteiger partial charge on any atom is 0.138 e. The Labute approximate surface area is 131 Å². The zero-order chi connectivity index (χ0) is 14.4. The fraction of sp³-hybridized carbons (Fsp3) is 0.647. The average Bonchev–Trinajstić information content (AvgIpc) is 2.48. The fourth-order valence-corrected chi connectivity index (χ4v) is 3.53. The third kappa shape index (κ3) is 3.98. The SMILES string of the molecule is CCNCc1cccc(Br)c1OC1CCCCC1CC. The molecule has 112 valence electrons. The molecule has 1 N–H and O–H groups in total. The Morgan fingerprint density at radius 2 is 2.05 bits per heavy atom. The van der Waals surface area contributed by atoms with E-state index in [9.17, 15) is 0 Å². The molecule has 2 atom stereocenters. The van der Waals surface area contributed by atoms with E-state index in [2.05, 4.69) is 53.3 Å². The maximum atomic E-state index is 6.43. The second kappa shape index (κ2) is 8.04. The van der Waals surface area contributed by atoms with E-state index in [1.54, 1.807) is 0 Å². The predicted molar refractivity (Wildman–Crippen MR) is 88.2 cm³/mol. The molecule has 1 aromatic carbocycles. The van der Waals surface area contributed by atoms with E-state index < -0.39 is 0 Å². The molecule has 1 aliphatic rings. The molecule has 2 nitrogen and oxygen atoms in total. The first-order valence-corrected chi connectivity index (χ1v) is 8.70. The summed E-state index contributed by atoms with van der Waals surface area (Å²) in [4.78, 5) is 0. The van der Waals surface area contributed by atoms with Gasteiger partial charge in [-0.25, -0.2) is 0 Å². The van der Waals surface area contributed by atoms with Crippen molar-refractivity contribution in [3.8, 4) is 5.75 Å². The lowest BCUT2D eigenvalue weighted by molar-refractivity contribution is 0.0885. The third-order valence-electron chi connectivity index (χ3n) is 4.25. The van der Waals surface area contributed by atoms with Gasteiger partial charge in [0.05, 0.1) is 4.47 Å². The van der Waals surface area contributed by atoms with Gasteiger partial charge in [0, 0.05) is 12.1 Å². The molecule has 2 rings (SSSR count). The fourth-order valence-electron chi connectivity index (χ4n) is 3.03. The molecule has 0 amide bonds. The van der Waals surface area contributed by atoms with E-state index >= 15 is 0 Å². The molecule has 1 aliphatic carbocycles. The van der Waals surface area contributed by atoms with Gasteiger partial charge in [-0.15, -0.1) is 0 Å². The number of hydrogen-bond donors (Lipinski definition) is 1. The van der Waals surface area contributed by atoms with E-state index in [-0.39, 0.29) is 0 Å². The first kappa shape index (κ1) is 15.8. The number of nitrogens with one attached hydrogen (secondary N) is 1. The summed E-state index contributed by atoms with van der Waals surface area (Å²) in [7, 11) is 0. The topological polar surface area (TPSA) is 21.3 Å². The molecule has 0 aliphatic heterocycles. The van der Waals surface area contributed by atoms with Gasteiger partial charge in [-0.05, 0) is 60.1 Å². The van der Waals surface area contributed by atoms with Crippen LogP contribution in [0.1, 0.15) is 51.5 Å². The molecular formula is C17H26BrNO. The first-order valence-electron chi connectivity index (χ1n) is 7.91. The number of ether oxygens (including phenoxy) is 1. The minimum absolute atomic E-state index is 0.382. The van der Waals surface area contributed by atoms with Crippen LogP contribution in [0, 0.1) is 5.92 Å². The van der Waals surface area contributed by atoms with Gasteiger partial charge in [0.15, 0.2) is 0 Å². The van der Waals surface area contributed by atoms with Gasteiger partial charge >= 0.3 is 0 Å². The lowest BCUT2D eigenvalue weighted by atomic mass is 9.84. The third-order valence-corrected chi connectivity index (χ3v) is 4.87. The molecule has 1 fully saturated rings. The molecule has 1 saturated carbocycles. The number of halogens is 1. The molecule has 0 saturated heterocycles. The minimum atomic E-state index is 0.382. The van der Waals surface area contributed by atoms with Crippen LogP contribution in [0.3, 0.4) is 0 Å². The van der Waals surface area contributed by atoms with Crippen molar-refractivity contribution in [1.82, 2.24) is 5.32 Å². The summed E-state index contributed by atoms with van der Waals surface area (Å²) in [5.41, 5.74) is 1.25. The molecule has 2 unspecified atom stereocenters. The number of para-hydroxylation sites is 1. The molecule has 20 heavy (non-hydrogen) atoms. The van der Waals surface area contributed by atoms with Crippen LogP contribution in [0.2, 0.25) is 0 Å². The summed E-state index contributed by atoms with van der Waals surface area (Å²) in [6.45, 7) is 6.26. The standard InChI is InChI=1S/C17H26BrNO/c1-3-13-8-5-6-11-16(13)20-17-14(12-19-4-2)9-7-10-15(17)18/h7,9-10,13,16,19H,3-6,8,11-12H2,1-2H3. The van der Waals surface area contributed by atoms with Crippen molar-refractivity contribution >= 4 is 15.9 Å². The van der Waals surface area contributed by atoms with Gasteiger partial charge < -0.3 is 10.1 Å². The summed E-state index contributed by atoms with van der Waals surface area (Å²) >= 11 is 3.65. The molecule has 0 heterocycles. The molecule has 0 spiro atoms. The zero-order valence-corrected chi connectivity index (χ0v) is 14.2. The van der Waals surface area contributed by atoms with Crippen molar-refractivity contribution in [3.63, 3.8) is 0 Å². The highest BCUT2D eigenvalue weighted by Gasteiger charge is 2.26. The number of hydrogen-bond acceptors (Lipinski definition) is 2. The predicted octanol–water partition coefficient (Wildman–Crippen LogP) is 4.91. The second-order valence-electron chi connectivity index (χ2n) is 5.62. The Balaban J connectivity index is 2.14. The minimum Gasteiger partial charge on any atom is -0.489 e. The van der Waals surface area contributed by atoms with E-state index in [4.69, 9.17) is 4.74 Å².